The van der Waals surface area contributed by atoms with E-state index in [2.05, 4.69) is 80.7 Å². The predicted octanol–water partition coefficient (Wildman–Crippen LogP) is 6.63. The van der Waals surface area contributed by atoms with E-state index in [-0.39, 0.29) is 32.7 Å². The molecule has 2 aromatic carbocycles. The van der Waals surface area contributed by atoms with E-state index in [0.29, 0.717) is 0 Å². The summed E-state index contributed by atoms with van der Waals surface area (Å²) in [5.41, 5.74) is 16.5. The molecule has 2 rings (SSSR count). The number of anilines is 1. The number of benzene rings is 2. The molecule has 0 bridgehead atoms. The molecule has 2 N–H and O–H groups in total. The quantitative estimate of drug-likeness (QED) is 0.413. The summed E-state index contributed by atoms with van der Waals surface area (Å²) < 4.78 is 0. The van der Waals surface area contributed by atoms with Crippen LogP contribution in [0.2, 0.25) is 0 Å². The SMILES string of the molecule is Cc1[c-]c(C)c(C)c(C)c1C.Cc1c(C)c(C)c(N[NH-])c(C)c1C.[Y]. The summed E-state index contributed by atoms with van der Waals surface area (Å²) in [5, 5.41) is 0. The summed E-state index contributed by atoms with van der Waals surface area (Å²) in [6.07, 6.45) is 0. The van der Waals surface area contributed by atoms with Crippen molar-refractivity contribution in [3.8, 4) is 0 Å². The molecular formula is C22H32N2Y-2. The van der Waals surface area contributed by atoms with Crippen LogP contribution in [0.4, 0.5) is 5.69 Å². The van der Waals surface area contributed by atoms with Gasteiger partial charge in [-0.2, -0.15) is 33.9 Å². The topological polar surface area (TPSA) is 35.8 Å². The van der Waals surface area contributed by atoms with Crippen LogP contribution in [-0.2, 0) is 32.7 Å². The second-order valence-electron chi connectivity index (χ2n) is 6.88. The Morgan fingerprint density at radius 3 is 1.12 bits per heavy atom. The molecule has 135 valence electrons. The standard InChI is InChI=1S/C11H17N2.C11H15.Y/c1-6-7(2)9(4)11(13-12)10(5)8(6)3;1-7-6-8(2)10(4)11(5)9(7)3;/h12-13H,1-5H3;1-5H3;/q2*-1;. The summed E-state index contributed by atoms with van der Waals surface area (Å²) in [6.45, 7) is 21.2. The summed E-state index contributed by atoms with van der Waals surface area (Å²) >= 11 is 0. The van der Waals surface area contributed by atoms with Crippen LogP contribution in [-0.4, -0.2) is 0 Å². The monoisotopic (exact) mass is 413 g/mol. The van der Waals surface area contributed by atoms with E-state index in [4.69, 9.17) is 5.84 Å². The first-order valence-corrected chi connectivity index (χ1v) is 8.50. The van der Waals surface area contributed by atoms with Crippen LogP contribution < -0.4 is 5.43 Å². The molecule has 0 aromatic heterocycles. The van der Waals surface area contributed by atoms with Crippen molar-refractivity contribution in [2.75, 3.05) is 5.43 Å². The Morgan fingerprint density at radius 1 is 0.520 bits per heavy atom. The van der Waals surface area contributed by atoms with Crippen LogP contribution >= 0.6 is 0 Å². The van der Waals surface area contributed by atoms with Gasteiger partial charge in [0.15, 0.2) is 0 Å². The number of rotatable bonds is 1. The van der Waals surface area contributed by atoms with Crippen LogP contribution in [0.25, 0.3) is 5.84 Å². The van der Waals surface area contributed by atoms with Gasteiger partial charge in [-0.05, 0) is 62.4 Å². The Morgan fingerprint density at radius 2 is 0.800 bits per heavy atom. The summed E-state index contributed by atoms with van der Waals surface area (Å²) in [7, 11) is 0. The molecule has 3 heteroatoms. The van der Waals surface area contributed by atoms with Gasteiger partial charge in [0.1, 0.15) is 0 Å². The van der Waals surface area contributed by atoms with E-state index in [1.165, 1.54) is 55.6 Å². The minimum absolute atomic E-state index is 0. The van der Waals surface area contributed by atoms with Gasteiger partial charge in [0.25, 0.3) is 0 Å². The molecule has 0 aliphatic rings. The van der Waals surface area contributed by atoms with Gasteiger partial charge in [0, 0.05) is 38.4 Å². The minimum atomic E-state index is 0. The van der Waals surface area contributed by atoms with Crippen LogP contribution in [0.5, 0.6) is 0 Å². The Balaban J connectivity index is 0.000000449. The molecule has 0 heterocycles. The van der Waals surface area contributed by atoms with Gasteiger partial charge in [-0.15, -0.1) is 0 Å². The second kappa shape index (κ2) is 9.85. The Hall–Kier alpha value is -0.696. The maximum Gasteiger partial charge on any atom is 0.0233 e. The molecule has 0 unspecified atom stereocenters. The Bertz CT molecular complexity index is 706. The van der Waals surface area contributed by atoms with Crippen molar-refractivity contribution < 1.29 is 32.7 Å². The van der Waals surface area contributed by atoms with Gasteiger partial charge in [-0.25, -0.2) is 0 Å². The first-order chi connectivity index (χ1) is 11.0. The second-order valence-corrected chi connectivity index (χ2v) is 6.88. The molecule has 25 heavy (non-hydrogen) atoms. The zero-order valence-corrected chi connectivity index (χ0v) is 20.4. The predicted molar refractivity (Wildman–Crippen MR) is 107 cm³/mol. The molecule has 2 nitrogen and oxygen atoms in total. The average molecular weight is 413 g/mol. The molecule has 1 radical (unpaired) electrons. The molecule has 0 aliphatic heterocycles. The maximum absolute atomic E-state index is 7.24. The largest absolute Gasteiger partial charge is 0.586 e. The van der Waals surface area contributed by atoms with E-state index in [0.717, 1.165) is 5.69 Å². The van der Waals surface area contributed by atoms with E-state index in [1.54, 1.807) is 0 Å². The van der Waals surface area contributed by atoms with Crippen molar-refractivity contribution in [2.24, 2.45) is 0 Å². The normalized spacial score (nSPS) is 9.88. The van der Waals surface area contributed by atoms with E-state index >= 15 is 0 Å². The van der Waals surface area contributed by atoms with Gasteiger partial charge in [0.05, 0.1) is 0 Å². The average Bonchev–Trinajstić information content (AvgIpc) is 2.56. The summed E-state index contributed by atoms with van der Waals surface area (Å²) in [4.78, 5) is 0. The molecular weight excluding hydrogens is 381 g/mol. The van der Waals surface area contributed by atoms with Gasteiger partial charge in [-0.1, -0.05) is 34.6 Å². The van der Waals surface area contributed by atoms with Gasteiger partial charge in [-0.3, -0.25) is 0 Å². The Labute approximate surface area is 179 Å². The van der Waals surface area contributed by atoms with Gasteiger partial charge < -0.3 is 11.3 Å². The molecule has 0 fully saturated rings. The zero-order valence-electron chi connectivity index (χ0n) is 17.6. The zero-order chi connectivity index (χ0) is 18.8. The number of nitrogens with one attached hydrogen (secondary N) is 2. The third-order valence-electron chi connectivity index (χ3n) is 5.75. The third kappa shape index (κ3) is 5.15. The smallest absolute Gasteiger partial charge is 0.0233 e. The van der Waals surface area contributed by atoms with Crippen molar-refractivity contribution >= 4 is 5.69 Å². The van der Waals surface area contributed by atoms with Crippen molar-refractivity contribution in [3.05, 3.63) is 67.5 Å². The van der Waals surface area contributed by atoms with Crippen LogP contribution in [0.3, 0.4) is 0 Å². The van der Waals surface area contributed by atoms with Crippen LogP contribution in [0, 0.1) is 75.3 Å². The maximum atomic E-state index is 7.24. The fourth-order valence-electron chi connectivity index (χ4n) is 3.00. The van der Waals surface area contributed by atoms with Crippen LogP contribution in [0.15, 0.2) is 0 Å². The fraction of sp³-hybridized carbons (Fsp3) is 0.455. The van der Waals surface area contributed by atoms with Gasteiger partial charge in [0.2, 0.25) is 0 Å². The minimum Gasteiger partial charge on any atom is -0.586 e. The summed E-state index contributed by atoms with van der Waals surface area (Å²) in [6, 6.07) is 3.35. The molecule has 0 amide bonds. The molecule has 0 saturated carbocycles. The van der Waals surface area contributed by atoms with E-state index in [1.807, 2.05) is 0 Å². The number of aryl methyl sites for hydroxylation is 2. The number of hydrogen-bond donors (Lipinski definition) is 1. The van der Waals surface area contributed by atoms with Crippen molar-refractivity contribution in [3.63, 3.8) is 0 Å². The van der Waals surface area contributed by atoms with Crippen molar-refractivity contribution in [2.45, 2.75) is 69.2 Å². The first-order valence-electron chi connectivity index (χ1n) is 8.50. The fourth-order valence-corrected chi connectivity index (χ4v) is 3.00. The van der Waals surface area contributed by atoms with Gasteiger partial charge >= 0.3 is 0 Å². The van der Waals surface area contributed by atoms with E-state index in [9.17, 15) is 0 Å². The summed E-state index contributed by atoms with van der Waals surface area (Å²) in [5.74, 6) is 7.24. The molecule has 0 spiro atoms. The molecule has 2 aromatic rings. The van der Waals surface area contributed by atoms with Crippen molar-refractivity contribution in [1.82, 2.24) is 0 Å². The Kier molecular flexibility index (Phi) is 9.58. The van der Waals surface area contributed by atoms with E-state index < -0.39 is 0 Å². The molecule has 0 saturated heterocycles. The molecule has 0 aliphatic carbocycles. The number of hydrogen-bond acceptors (Lipinski definition) is 1. The third-order valence-corrected chi connectivity index (χ3v) is 5.75. The first kappa shape index (κ1) is 24.3. The van der Waals surface area contributed by atoms with Crippen LogP contribution in [0.1, 0.15) is 55.6 Å². The van der Waals surface area contributed by atoms with Crippen molar-refractivity contribution in [1.29, 1.82) is 0 Å². The molecule has 0 atom stereocenters.